The minimum absolute atomic E-state index is 0.0997. The summed E-state index contributed by atoms with van der Waals surface area (Å²) in [5.74, 6) is 0.590. The number of hydrogen-bond acceptors (Lipinski definition) is 4. The summed E-state index contributed by atoms with van der Waals surface area (Å²) in [6.07, 6.45) is 3.90. The second-order valence-electron chi connectivity index (χ2n) is 6.89. The van der Waals surface area contributed by atoms with Gasteiger partial charge in [0.05, 0.1) is 5.41 Å². The zero-order valence-electron chi connectivity index (χ0n) is 13.0. The summed E-state index contributed by atoms with van der Waals surface area (Å²) < 4.78 is 0. The van der Waals surface area contributed by atoms with Gasteiger partial charge in [0.15, 0.2) is 0 Å². The zero-order chi connectivity index (χ0) is 15.6. The van der Waals surface area contributed by atoms with Gasteiger partial charge in [0.25, 0.3) is 0 Å². The van der Waals surface area contributed by atoms with Crippen molar-refractivity contribution in [3.63, 3.8) is 0 Å². The number of likely N-dealkylation sites (tertiary alicyclic amines) is 1. The van der Waals surface area contributed by atoms with E-state index >= 15 is 0 Å². The predicted molar refractivity (Wildman–Crippen MR) is 86.1 cm³/mol. The third-order valence-electron chi connectivity index (χ3n) is 4.82. The van der Waals surface area contributed by atoms with Crippen LogP contribution in [-0.2, 0) is 9.59 Å². The lowest BCUT2D eigenvalue weighted by atomic mass is 9.66. The predicted octanol–water partition coefficient (Wildman–Crippen LogP) is 0.787. The van der Waals surface area contributed by atoms with E-state index in [-0.39, 0.29) is 11.3 Å². The van der Waals surface area contributed by atoms with Crippen molar-refractivity contribution in [2.24, 2.45) is 17.1 Å². The Kier molecular flexibility index (Phi) is 5.20. The Labute approximate surface area is 132 Å². The fraction of sp³-hybridized carbons (Fsp3) is 0.867. The molecular formula is C15H27N3O2S. The Balaban J connectivity index is 1.85. The summed E-state index contributed by atoms with van der Waals surface area (Å²) in [4.78, 5) is 25.4. The number of nitrogens with two attached hydrogens (primary N) is 1. The number of β-lactam (4-membered cyclic amide) rings is 1. The highest BCUT2D eigenvalue weighted by Gasteiger charge is 2.55. The average Bonchev–Trinajstić information content (AvgIpc) is 2.45. The Bertz CT molecular complexity index is 406. The SMILES string of the molecule is CC(C)CNC1CCC2(CC1)CN(C(CS)C(N)=O)C2=O. The van der Waals surface area contributed by atoms with E-state index in [0.717, 1.165) is 32.2 Å². The molecule has 2 amide bonds. The molecule has 120 valence electrons. The second kappa shape index (κ2) is 6.57. The first kappa shape index (κ1) is 16.6. The lowest BCUT2D eigenvalue weighted by Crippen LogP contribution is -2.68. The van der Waals surface area contributed by atoms with Crippen LogP contribution in [0.3, 0.4) is 0 Å². The molecule has 1 aliphatic carbocycles. The lowest BCUT2D eigenvalue weighted by molar-refractivity contribution is -0.170. The molecule has 2 fully saturated rings. The second-order valence-corrected chi connectivity index (χ2v) is 7.26. The van der Waals surface area contributed by atoms with Crippen molar-refractivity contribution in [2.45, 2.75) is 51.6 Å². The molecule has 0 aromatic heterocycles. The van der Waals surface area contributed by atoms with Gasteiger partial charge in [-0.3, -0.25) is 9.59 Å². The van der Waals surface area contributed by atoms with E-state index in [1.54, 1.807) is 4.90 Å². The van der Waals surface area contributed by atoms with Crippen LogP contribution < -0.4 is 11.1 Å². The minimum Gasteiger partial charge on any atom is -0.368 e. The van der Waals surface area contributed by atoms with Gasteiger partial charge in [0.2, 0.25) is 11.8 Å². The summed E-state index contributed by atoms with van der Waals surface area (Å²) in [5, 5.41) is 3.57. The molecule has 1 saturated heterocycles. The molecule has 1 unspecified atom stereocenters. The van der Waals surface area contributed by atoms with Gasteiger partial charge in [-0.05, 0) is 38.1 Å². The van der Waals surface area contributed by atoms with E-state index in [9.17, 15) is 9.59 Å². The van der Waals surface area contributed by atoms with Crippen molar-refractivity contribution < 1.29 is 9.59 Å². The summed E-state index contributed by atoms with van der Waals surface area (Å²) in [5.41, 5.74) is 5.11. The van der Waals surface area contributed by atoms with E-state index in [4.69, 9.17) is 5.73 Å². The molecule has 6 heteroatoms. The van der Waals surface area contributed by atoms with E-state index in [2.05, 4.69) is 31.8 Å². The van der Waals surface area contributed by atoms with Crippen LogP contribution in [0.15, 0.2) is 0 Å². The van der Waals surface area contributed by atoms with Gasteiger partial charge in [0, 0.05) is 18.3 Å². The van der Waals surface area contributed by atoms with E-state index in [1.165, 1.54) is 0 Å². The molecule has 0 aromatic carbocycles. The first-order valence-electron chi connectivity index (χ1n) is 7.84. The lowest BCUT2D eigenvalue weighted by Gasteiger charge is -2.53. The maximum Gasteiger partial charge on any atom is 0.241 e. The number of primary amides is 1. The highest BCUT2D eigenvalue weighted by atomic mass is 32.1. The van der Waals surface area contributed by atoms with Gasteiger partial charge >= 0.3 is 0 Å². The summed E-state index contributed by atoms with van der Waals surface area (Å²) in [6, 6.07) is -0.0278. The Morgan fingerprint density at radius 1 is 1.48 bits per heavy atom. The summed E-state index contributed by atoms with van der Waals surface area (Å²) in [6.45, 7) is 6.09. The van der Waals surface area contributed by atoms with Gasteiger partial charge < -0.3 is 16.0 Å². The summed E-state index contributed by atoms with van der Waals surface area (Å²) >= 11 is 4.13. The highest BCUT2D eigenvalue weighted by molar-refractivity contribution is 7.80. The fourth-order valence-corrected chi connectivity index (χ4v) is 3.80. The maximum absolute atomic E-state index is 12.5. The molecule has 1 aliphatic heterocycles. The number of rotatable bonds is 6. The van der Waals surface area contributed by atoms with Gasteiger partial charge in [-0.2, -0.15) is 12.6 Å². The molecule has 0 aromatic rings. The molecule has 1 spiro atoms. The zero-order valence-corrected chi connectivity index (χ0v) is 13.9. The number of nitrogens with zero attached hydrogens (tertiary/aromatic N) is 1. The van der Waals surface area contributed by atoms with Crippen LogP contribution in [0.4, 0.5) is 0 Å². The molecule has 2 rings (SSSR count). The Morgan fingerprint density at radius 3 is 2.52 bits per heavy atom. The highest BCUT2D eigenvalue weighted by Crippen LogP contribution is 2.45. The van der Waals surface area contributed by atoms with E-state index in [0.29, 0.717) is 24.3 Å². The molecule has 5 nitrogen and oxygen atoms in total. The van der Waals surface area contributed by atoms with Crippen LogP contribution >= 0.6 is 12.6 Å². The summed E-state index contributed by atoms with van der Waals surface area (Å²) in [7, 11) is 0. The van der Waals surface area contributed by atoms with Crippen molar-refractivity contribution in [3.05, 3.63) is 0 Å². The molecule has 3 N–H and O–H groups in total. The maximum atomic E-state index is 12.5. The fourth-order valence-electron chi connectivity index (χ4n) is 3.42. The first-order valence-corrected chi connectivity index (χ1v) is 8.47. The molecule has 1 heterocycles. The quantitative estimate of drug-likeness (QED) is 0.501. The first-order chi connectivity index (χ1) is 9.89. The largest absolute Gasteiger partial charge is 0.368 e. The third kappa shape index (κ3) is 3.37. The van der Waals surface area contributed by atoms with Crippen molar-refractivity contribution >= 4 is 24.4 Å². The van der Waals surface area contributed by atoms with Crippen molar-refractivity contribution in [3.8, 4) is 0 Å². The Morgan fingerprint density at radius 2 is 2.10 bits per heavy atom. The van der Waals surface area contributed by atoms with Crippen molar-refractivity contribution in [1.82, 2.24) is 10.2 Å². The third-order valence-corrected chi connectivity index (χ3v) is 5.17. The molecule has 0 bridgehead atoms. The van der Waals surface area contributed by atoms with Crippen LogP contribution in [0.1, 0.15) is 39.5 Å². The van der Waals surface area contributed by atoms with Crippen molar-refractivity contribution in [1.29, 1.82) is 0 Å². The van der Waals surface area contributed by atoms with Crippen LogP contribution in [-0.4, -0.2) is 47.6 Å². The van der Waals surface area contributed by atoms with E-state index < -0.39 is 11.9 Å². The van der Waals surface area contributed by atoms with Crippen LogP contribution in [0.25, 0.3) is 0 Å². The monoisotopic (exact) mass is 313 g/mol. The number of nitrogens with one attached hydrogen (secondary N) is 1. The topological polar surface area (TPSA) is 75.4 Å². The number of amides is 2. The number of carbonyl (C=O) groups is 2. The van der Waals surface area contributed by atoms with E-state index in [1.807, 2.05) is 0 Å². The van der Waals surface area contributed by atoms with Gasteiger partial charge in [-0.15, -0.1) is 0 Å². The van der Waals surface area contributed by atoms with Gasteiger partial charge in [-0.25, -0.2) is 0 Å². The number of carbonyl (C=O) groups excluding carboxylic acids is 2. The standard InChI is InChI=1S/C15H27N3O2S/c1-10(2)7-17-11-3-5-15(6-4-11)9-18(14(15)20)12(8-21)13(16)19/h10-12,17,21H,3-9H2,1-2H3,(H2,16,19). The van der Waals surface area contributed by atoms with Crippen LogP contribution in [0.2, 0.25) is 0 Å². The smallest absolute Gasteiger partial charge is 0.241 e. The van der Waals surface area contributed by atoms with Crippen molar-refractivity contribution in [2.75, 3.05) is 18.8 Å². The molecular weight excluding hydrogens is 286 g/mol. The molecule has 1 saturated carbocycles. The average molecular weight is 313 g/mol. The van der Waals surface area contributed by atoms with Crippen LogP contribution in [0, 0.1) is 11.3 Å². The van der Waals surface area contributed by atoms with Gasteiger partial charge in [0.1, 0.15) is 6.04 Å². The van der Waals surface area contributed by atoms with Gasteiger partial charge in [-0.1, -0.05) is 13.8 Å². The molecule has 0 radical (unpaired) electrons. The normalized spacial score (nSPS) is 30.6. The van der Waals surface area contributed by atoms with Crippen LogP contribution in [0.5, 0.6) is 0 Å². The Hall–Kier alpha value is -0.750. The number of hydrogen-bond donors (Lipinski definition) is 3. The minimum atomic E-state index is -0.553. The molecule has 1 atom stereocenters. The molecule has 21 heavy (non-hydrogen) atoms. The number of thiol groups is 1. The molecule has 2 aliphatic rings.